The van der Waals surface area contributed by atoms with E-state index < -0.39 is 12.1 Å². The summed E-state index contributed by atoms with van der Waals surface area (Å²) in [5.41, 5.74) is 0.860. The van der Waals surface area contributed by atoms with Crippen molar-refractivity contribution in [1.82, 2.24) is 10.6 Å². The van der Waals surface area contributed by atoms with Crippen molar-refractivity contribution in [2.24, 2.45) is 5.92 Å². The van der Waals surface area contributed by atoms with Gasteiger partial charge < -0.3 is 15.4 Å². The van der Waals surface area contributed by atoms with Crippen LogP contribution in [-0.4, -0.2) is 31.2 Å². The Kier molecular flexibility index (Phi) is 6.31. The van der Waals surface area contributed by atoms with Crippen molar-refractivity contribution < 1.29 is 14.3 Å². The first-order valence-corrected chi connectivity index (χ1v) is 5.59. The lowest BCUT2D eigenvalue weighted by atomic mass is 10.0. The molecular formula is C12H22N2O3. The van der Waals surface area contributed by atoms with Crippen molar-refractivity contribution in [3.8, 4) is 0 Å². The molecule has 2 amide bonds. The zero-order chi connectivity index (χ0) is 13.6. The molecule has 0 radical (unpaired) electrons. The van der Waals surface area contributed by atoms with Gasteiger partial charge in [0.15, 0.2) is 0 Å². The Morgan fingerprint density at radius 1 is 1.18 bits per heavy atom. The van der Waals surface area contributed by atoms with Crippen LogP contribution < -0.4 is 10.6 Å². The van der Waals surface area contributed by atoms with Crippen LogP contribution in [0.3, 0.4) is 0 Å². The number of rotatable bonds is 5. The maximum Gasteiger partial charge on any atom is 0.407 e. The minimum Gasteiger partial charge on any atom is -0.453 e. The van der Waals surface area contributed by atoms with Gasteiger partial charge in [-0.3, -0.25) is 4.79 Å². The molecule has 17 heavy (non-hydrogen) atoms. The van der Waals surface area contributed by atoms with Crippen molar-refractivity contribution in [2.75, 3.05) is 7.11 Å². The number of methoxy groups -OCH3 is 1. The van der Waals surface area contributed by atoms with Crippen molar-refractivity contribution >= 4 is 12.0 Å². The summed E-state index contributed by atoms with van der Waals surface area (Å²) < 4.78 is 4.49. The predicted molar refractivity (Wildman–Crippen MR) is 66.6 cm³/mol. The largest absolute Gasteiger partial charge is 0.453 e. The highest BCUT2D eigenvalue weighted by Gasteiger charge is 2.25. The molecule has 0 unspecified atom stereocenters. The van der Waals surface area contributed by atoms with E-state index in [9.17, 15) is 9.59 Å². The molecule has 0 aliphatic rings. The molecule has 0 heterocycles. The van der Waals surface area contributed by atoms with Gasteiger partial charge in [-0.15, -0.1) is 0 Å². The quantitative estimate of drug-likeness (QED) is 0.717. The van der Waals surface area contributed by atoms with Gasteiger partial charge in [0.1, 0.15) is 6.04 Å². The zero-order valence-corrected chi connectivity index (χ0v) is 11.2. The summed E-state index contributed by atoms with van der Waals surface area (Å²) in [5, 5.41) is 5.29. The Labute approximate surface area is 103 Å². The topological polar surface area (TPSA) is 67.4 Å². The number of carbonyl (C=O) groups excluding carboxylic acids is 2. The molecule has 0 aromatic heterocycles. The Morgan fingerprint density at radius 3 is 2.06 bits per heavy atom. The lowest BCUT2D eigenvalue weighted by Gasteiger charge is -2.23. The number of ether oxygens (including phenoxy) is 1. The number of carbonyl (C=O) groups is 2. The van der Waals surface area contributed by atoms with Crippen LogP contribution in [0.1, 0.15) is 27.7 Å². The first-order valence-electron chi connectivity index (χ1n) is 5.59. The lowest BCUT2D eigenvalue weighted by Crippen LogP contribution is -2.51. The highest BCUT2D eigenvalue weighted by atomic mass is 16.5. The maximum atomic E-state index is 11.9. The van der Waals surface area contributed by atoms with E-state index >= 15 is 0 Å². The molecule has 98 valence electrons. The highest BCUT2D eigenvalue weighted by Crippen LogP contribution is 2.04. The molecule has 0 aromatic rings. The van der Waals surface area contributed by atoms with Gasteiger partial charge in [0.25, 0.3) is 0 Å². The molecule has 5 nitrogen and oxygen atoms in total. The fourth-order valence-corrected chi connectivity index (χ4v) is 1.15. The van der Waals surface area contributed by atoms with Crippen LogP contribution >= 0.6 is 0 Å². The van der Waals surface area contributed by atoms with Crippen LogP contribution in [0.25, 0.3) is 0 Å². The first-order chi connectivity index (χ1) is 7.79. The van der Waals surface area contributed by atoms with E-state index in [2.05, 4.69) is 21.9 Å². The third-order valence-corrected chi connectivity index (χ3v) is 2.51. The normalized spacial score (nSPS) is 13.8. The molecule has 0 aliphatic heterocycles. The van der Waals surface area contributed by atoms with Gasteiger partial charge in [-0.05, 0) is 19.8 Å². The third kappa shape index (κ3) is 5.38. The molecule has 0 bridgehead atoms. The average Bonchev–Trinajstić information content (AvgIpc) is 2.24. The molecular weight excluding hydrogens is 220 g/mol. The van der Waals surface area contributed by atoms with Gasteiger partial charge >= 0.3 is 6.09 Å². The van der Waals surface area contributed by atoms with Gasteiger partial charge in [-0.2, -0.15) is 0 Å². The molecule has 0 saturated heterocycles. The van der Waals surface area contributed by atoms with Gasteiger partial charge in [-0.1, -0.05) is 26.0 Å². The zero-order valence-electron chi connectivity index (χ0n) is 11.2. The molecule has 5 heteroatoms. The molecule has 0 fully saturated rings. The van der Waals surface area contributed by atoms with Crippen LogP contribution in [0.2, 0.25) is 0 Å². The fourth-order valence-electron chi connectivity index (χ4n) is 1.15. The SMILES string of the molecule is C=C(C)[C@@H](C)NC(=O)[C@H](NC(=O)OC)C(C)C. The minimum atomic E-state index is -0.609. The highest BCUT2D eigenvalue weighted by molar-refractivity contribution is 5.86. The van der Waals surface area contributed by atoms with Gasteiger partial charge in [0.05, 0.1) is 7.11 Å². The third-order valence-electron chi connectivity index (χ3n) is 2.51. The smallest absolute Gasteiger partial charge is 0.407 e. The number of hydrogen-bond donors (Lipinski definition) is 2. The Bertz CT molecular complexity index is 300. The van der Waals surface area contributed by atoms with E-state index in [0.717, 1.165) is 5.57 Å². The Morgan fingerprint density at radius 2 is 1.71 bits per heavy atom. The van der Waals surface area contributed by atoms with Gasteiger partial charge in [-0.25, -0.2) is 4.79 Å². The molecule has 2 N–H and O–H groups in total. The number of amides is 2. The maximum absolute atomic E-state index is 11.9. The number of nitrogens with one attached hydrogen (secondary N) is 2. The molecule has 2 atom stereocenters. The molecule has 0 aliphatic carbocycles. The number of alkyl carbamates (subject to hydrolysis) is 1. The van der Waals surface area contributed by atoms with Crippen LogP contribution in [0, 0.1) is 5.92 Å². The summed E-state index contributed by atoms with van der Waals surface area (Å²) in [6, 6.07) is -0.729. The van der Waals surface area contributed by atoms with E-state index in [-0.39, 0.29) is 17.9 Å². The summed E-state index contributed by atoms with van der Waals surface area (Å²) in [7, 11) is 1.27. The summed E-state index contributed by atoms with van der Waals surface area (Å²) in [6.45, 7) is 11.1. The summed E-state index contributed by atoms with van der Waals surface area (Å²) in [6.07, 6.45) is -0.609. The molecule has 0 aromatic carbocycles. The van der Waals surface area contributed by atoms with Crippen LogP contribution in [0.15, 0.2) is 12.2 Å². The van der Waals surface area contributed by atoms with Crippen LogP contribution in [0.4, 0.5) is 4.79 Å². The Balaban J connectivity index is 4.55. The van der Waals surface area contributed by atoms with Gasteiger partial charge in [0, 0.05) is 6.04 Å². The second-order valence-corrected chi connectivity index (χ2v) is 4.43. The molecule has 0 saturated carbocycles. The van der Waals surface area contributed by atoms with E-state index in [1.165, 1.54) is 7.11 Å². The summed E-state index contributed by atoms with van der Waals surface area (Å²) in [4.78, 5) is 23.0. The van der Waals surface area contributed by atoms with Crippen molar-refractivity contribution in [3.63, 3.8) is 0 Å². The van der Waals surface area contributed by atoms with Crippen molar-refractivity contribution in [3.05, 3.63) is 12.2 Å². The van der Waals surface area contributed by atoms with Crippen molar-refractivity contribution in [1.29, 1.82) is 0 Å². The van der Waals surface area contributed by atoms with Crippen LogP contribution in [0.5, 0.6) is 0 Å². The standard InChI is InChI=1S/C12H22N2O3/c1-7(2)9(5)13-11(15)10(8(3)4)14-12(16)17-6/h8-10H,1H2,2-6H3,(H,13,15)(H,14,16)/t9-,10-/m1/s1. The molecule has 0 rings (SSSR count). The van der Waals surface area contributed by atoms with E-state index in [4.69, 9.17) is 0 Å². The fraction of sp³-hybridized carbons (Fsp3) is 0.667. The first kappa shape index (κ1) is 15.5. The predicted octanol–water partition coefficient (Wildman–Crippen LogP) is 1.45. The van der Waals surface area contributed by atoms with Gasteiger partial charge in [0.2, 0.25) is 5.91 Å². The minimum absolute atomic E-state index is 0.0218. The second-order valence-electron chi connectivity index (χ2n) is 4.43. The average molecular weight is 242 g/mol. The van der Waals surface area contributed by atoms with Crippen LogP contribution in [-0.2, 0) is 9.53 Å². The monoisotopic (exact) mass is 242 g/mol. The Hall–Kier alpha value is -1.52. The summed E-state index contributed by atoms with van der Waals surface area (Å²) >= 11 is 0. The van der Waals surface area contributed by atoms with E-state index in [1.807, 2.05) is 27.7 Å². The summed E-state index contributed by atoms with van der Waals surface area (Å²) in [5.74, 6) is -0.257. The van der Waals surface area contributed by atoms with Crippen molar-refractivity contribution in [2.45, 2.75) is 39.8 Å². The second kappa shape index (κ2) is 6.93. The lowest BCUT2D eigenvalue weighted by molar-refractivity contribution is -0.124. The van der Waals surface area contributed by atoms with E-state index in [0.29, 0.717) is 0 Å². The number of hydrogen-bond acceptors (Lipinski definition) is 3. The molecule has 0 spiro atoms. The van der Waals surface area contributed by atoms with E-state index in [1.54, 1.807) is 0 Å².